The van der Waals surface area contributed by atoms with Gasteiger partial charge in [0.25, 0.3) is 0 Å². The molecule has 1 aliphatic carbocycles. The molecule has 1 aromatic carbocycles. The molecule has 3 nitrogen and oxygen atoms in total. The lowest BCUT2D eigenvalue weighted by atomic mass is 9.83. The van der Waals surface area contributed by atoms with Crippen LogP contribution in [0.4, 0.5) is 0 Å². The molecule has 0 heterocycles. The normalized spacial score (nSPS) is 26.7. The fraction of sp³-hybridized carbons (Fsp3) is 0.625. The molecule has 0 amide bonds. The van der Waals surface area contributed by atoms with Crippen LogP contribution < -0.4 is 5.73 Å². The molecule has 0 spiro atoms. The van der Waals surface area contributed by atoms with E-state index in [-0.39, 0.29) is 11.8 Å². The van der Waals surface area contributed by atoms with Gasteiger partial charge in [0, 0.05) is 11.1 Å². The van der Waals surface area contributed by atoms with Gasteiger partial charge in [-0.05, 0) is 42.9 Å². The summed E-state index contributed by atoms with van der Waals surface area (Å²) in [4.78, 5) is 0. The minimum atomic E-state index is -3.22. The van der Waals surface area contributed by atoms with Crippen molar-refractivity contribution in [2.24, 2.45) is 11.7 Å². The van der Waals surface area contributed by atoms with Gasteiger partial charge in [-0.1, -0.05) is 43.5 Å². The summed E-state index contributed by atoms with van der Waals surface area (Å²) in [6, 6.07) is 6.78. The zero-order chi connectivity index (χ0) is 15.5. The molecule has 21 heavy (non-hydrogen) atoms. The first-order chi connectivity index (χ1) is 9.92. The van der Waals surface area contributed by atoms with Crippen molar-refractivity contribution in [1.82, 2.24) is 0 Å². The number of hydrogen-bond acceptors (Lipinski definition) is 3. The van der Waals surface area contributed by atoms with Gasteiger partial charge in [-0.25, -0.2) is 8.42 Å². The molecule has 3 atom stereocenters. The second-order valence-corrected chi connectivity index (χ2v) is 8.76. The van der Waals surface area contributed by atoms with Crippen molar-refractivity contribution in [3.05, 3.63) is 34.9 Å². The van der Waals surface area contributed by atoms with E-state index in [9.17, 15) is 8.42 Å². The van der Waals surface area contributed by atoms with Crippen LogP contribution in [0.15, 0.2) is 24.3 Å². The van der Waals surface area contributed by atoms with Gasteiger partial charge in [-0.3, -0.25) is 0 Å². The molecule has 0 saturated heterocycles. The summed E-state index contributed by atoms with van der Waals surface area (Å²) >= 11 is 5.84. The summed E-state index contributed by atoms with van der Waals surface area (Å²) in [6.07, 6.45) is 4.78. The molecule has 5 heteroatoms. The Labute approximate surface area is 132 Å². The zero-order valence-electron chi connectivity index (χ0n) is 12.5. The lowest BCUT2D eigenvalue weighted by Gasteiger charge is -2.33. The number of hydrogen-bond donors (Lipinski definition) is 1. The molecule has 0 bridgehead atoms. The average molecular weight is 330 g/mol. The molecule has 3 unspecified atom stereocenters. The van der Waals surface area contributed by atoms with Crippen molar-refractivity contribution in [2.45, 2.75) is 56.1 Å². The predicted octanol–water partition coefficient (Wildman–Crippen LogP) is 3.55. The molecule has 1 fully saturated rings. The van der Waals surface area contributed by atoms with Crippen molar-refractivity contribution in [3.8, 4) is 0 Å². The van der Waals surface area contributed by atoms with E-state index >= 15 is 0 Å². The van der Waals surface area contributed by atoms with Crippen LogP contribution in [-0.4, -0.2) is 19.7 Å². The largest absolute Gasteiger partial charge is 0.327 e. The molecule has 1 aliphatic rings. The van der Waals surface area contributed by atoms with E-state index in [2.05, 4.69) is 6.92 Å². The van der Waals surface area contributed by atoms with E-state index in [1.807, 2.05) is 0 Å². The highest BCUT2D eigenvalue weighted by atomic mass is 35.5. The maximum Gasteiger partial charge on any atom is 0.158 e. The highest BCUT2D eigenvalue weighted by molar-refractivity contribution is 7.91. The molecule has 2 N–H and O–H groups in total. The van der Waals surface area contributed by atoms with Gasteiger partial charge in [0.2, 0.25) is 0 Å². The Kier molecular flexibility index (Phi) is 5.69. The topological polar surface area (TPSA) is 60.2 Å². The number of rotatable bonds is 5. The quantitative estimate of drug-likeness (QED) is 0.898. The van der Waals surface area contributed by atoms with E-state index in [1.165, 1.54) is 0 Å². The summed E-state index contributed by atoms with van der Waals surface area (Å²) in [5, 5.41) is 0.215. The summed E-state index contributed by atoms with van der Waals surface area (Å²) in [7, 11) is -3.22. The van der Waals surface area contributed by atoms with Gasteiger partial charge in [0.15, 0.2) is 9.84 Å². The minimum Gasteiger partial charge on any atom is -0.327 e. The van der Waals surface area contributed by atoms with E-state index < -0.39 is 15.1 Å². The van der Waals surface area contributed by atoms with Crippen LogP contribution in [0.2, 0.25) is 5.02 Å². The average Bonchev–Trinajstić information content (AvgIpc) is 2.43. The van der Waals surface area contributed by atoms with Gasteiger partial charge in [-0.2, -0.15) is 0 Å². The molecular formula is C16H24ClNO2S. The number of sulfone groups is 1. The van der Waals surface area contributed by atoms with Gasteiger partial charge < -0.3 is 5.73 Å². The number of halogens is 1. The summed E-state index contributed by atoms with van der Waals surface area (Å²) in [5.41, 5.74) is 6.88. The Balaban J connectivity index is 2.11. The standard InChI is InChI=1S/C16H24ClNO2S/c1-2-3-12-6-9-15(18)16(10-12)21(19,20)11-13-4-7-14(17)8-5-13/h4-5,7-8,12,15-16H,2-3,6,9-11,18H2,1H3. The van der Waals surface area contributed by atoms with E-state index in [0.717, 1.165) is 31.2 Å². The maximum atomic E-state index is 12.7. The molecule has 1 saturated carbocycles. The van der Waals surface area contributed by atoms with Gasteiger partial charge in [0.05, 0.1) is 11.0 Å². The Bertz CT molecular complexity index is 556. The first-order valence-electron chi connectivity index (χ1n) is 7.64. The van der Waals surface area contributed by atoms with Gasteiger partial charge in [-0.15, -0.1) is 0 Å². The summed E-state index contributed by atoms with van der Waals surface area (Å²) in [6.45, 7) is 2.14. The first-order valence-corrected chi connectivity index (χ1v) is 9.73. The van der Waals surface area contributed by atoms with Crippen LogP contribution in [0, 0.1) is 5.92 Å². The first kappa shape index (κ1) is 16.8. The van der Waals surface area contributed by atoms with Crippen molar-refractivity contribution in [1.29, 1.82) is 0 Å². The summed E-state index contributed by atoms with van der Waals surface area (Å²) < 4.78 is 25.4. The van der Waals surface area contributed by atoms with Gasteiger partial charge >= 0.3 is 0 Å². The zero-order valence-corrected chi connectivity index (χ0v) is 14.0. The van der Waals surface area contributed by atoms with Crippen LogP contribution >= 0.6 is 11.6 Å². The van der Waals surface area contributed by atoms with Crippen molar-refractivity contribution < 1.29 is 8.42 Å². The Morgan fingerprint density at radius 3 is 2.52 bits per heavy atom. The fourth-order valence-corrected chi connectivity index (χ4v) is 5.47. The van der Waals surface area contributed by atoms with E-state index in [4.69, 9.17) is 17.3 Å². The number of nitrogens with two attached hydrogens (primary N) is 1. The third kappa shape index (κ3) is 4.44. The molecule has 0 aliphatic heterocycles. The van der Waals surface area contributed by atoms with Crippen LogP contribution in [0.3, 0.4) is 0 Å². The molecule has 0 aromatic heterocycles. The van der Waals surface area contributed by atoms with Crippen molar-refractivity contribution in [2.75, 3.05) is 0 Å². The lowest BCUT2D eigenvalue weighted by molar-refractivity contribution is 0.309. The Morgan fingerprint density at radius 1 is 1.24 bits per heavy atom. The third-order valence-electron chi connectivity index (χ3n) is 4.39. The molecule has 1 aromatic rings. The lowest BCUT2D eigenvalue weighted by Crippen LogP contribution is -2.45. The molecule has 2 rings (SSSR count). The maximum absolute atomic E-state index is 12.7. The van der Waals surface area contributed by atoms with E-state index in [1.54, 1.807) is 24.3 Å². The van der Waals surface area contributed by atoms with Crippen molar-refractivity contribution in [3.63, 3.8) is 0 Å². The SMILES string of the molecule is CCCC1CCC(N)C(S(=O)(=O)Cc2ccc(Cl)cc2)C1. The van der Waals surface area contributed by atoms with Crippen LogP contribution in [0.1, 0.15) is 44.6 Å². The van der Waals surface area contributed by atoms with Crippen LogP contribution in [-0.2, 0) is 15.6 Å². The molecule has 0 radical (unpaired) electrons. The summed E-state index contributed by atoms with van der Waals surface area (Å²) in [5.74, 6) is 0.557. The monoisotopic (exact) mass is 329 g/mol. The second-order valence-electron chi connectivity index (χ2n) is 6.10. The second kappa shape index (κ2) is 7.12. The Hall–Kier alpha value is -0.580. The van der Waals surface area contributed by atoms with Crippen molar-refractivity contribution >= 4 is 21.4 Å². The minimum absolute atomic E-state index is 0.0569. The van der Waals surface area contributed by atoms with Crippen LogP contribution in [0.25, 0.3) is 0 Å². The third-order valence-corrected chi connectivity index (χ3v) is 6.84. The Morgan fingerprint density at radius 2 is 1.90 bits per heavy atom. The highest BCUT2D eigenvalue weighted by Gasteiger charge is 2.36. The fourth-order valence-electron chi connectivity index (χ4n) is 3.24. The highest BCUT2D eigenvalue weighted by Crippen LogP contribution is 2.32. The number of benzene rings is 1. The van der Waals surface area contributed by atoms with E-state index in [0.29, 0.717) is 17.4 Å². The smallest absolute Gasteiger partial charge is 0.158 e. The van der Waals surface area contributed by atoms with Gasteiger partial charge in [0.1, 0.15) is 0 Å². The molecule has 118 valence electrons. The van der Waals surface area contributed by atoms with Crippen LogP contribution in [0.5, 0.6) is 0 Å². The molecular weight excluding hydrogens is 306 g/mol. The predicted molar refractivity (Wildman–Crippen MR) is 88.1 cm³/mol.